The Morgan fingerprint density at radius 1 is 1.17 bits per heavy atom. The van der Waals surface area contributed by atoms with Gasteiger partial charge in [0.15, 0.2) is 0 Å². The van der Waals surface area contributed by atoms with E-state index in [1.807, 2.05) is 0 Å². The van der Waals surface area contributed by atoms with Gasteiger partial charge in [-0.25, -0.2) is 0 Å². The van der Waals surface area contributed by atoms with Crippen LogP contribution in [-0.2, 0) is 9.47 Å². The number of rotatable bonds is 3. The van der Waals surface area contributed by atoms with E-state index >= 15 is 0 Å². The predicted octanol–water partition coefficient (Wildman–Crippen LogP) is 2.62. The van der Waals surface area contributed by atoms with Crippen LogP contribution in [0.4, 0.5) is 0 Å². The molecule has 2 fully saturated rings. The van der Waals surface area contributed by atoms with Crippen LogP contribution < -0.4 is 0 Å². The molecule has 0 amide bonds. The summed E-state index contributed by atoms with van der Waals surface area (Å²) in [7, 11) is 1.74. The SMILES string of the molecule is COC1(C(O)C2CCC(C)C(C)C2)CCOCC1. The molecule has 1 N–H and O–H groups in total. The van der Waals surface area contributed by atoms with Gasteiger partial charge in [-0.1, -0.05) is 20.3 Å². The first-order chi connectivity index (χ1) is 8.59. The van der Waals surface area contributed by atoms with Gasteiger partial charge in [0.25, 0.3) is 0 Å². The molecule has 106 valence electrons. The Bertz CT molecular complexity index is 260. The smallest absolute Gasteiger partial charge is 0.0982 e. The van der Waals surface area contributed by atoms with E-state index in [0.717, 1.165) is 31.6 Å². The average Bonchev–Trinajstić information content (AvgIpc) is 2.42. The Morgan fingerprint density at radius 2 is 1.83 bits per heavy atom. The van der Waals surface area contributed by atoms with Gasteiger partial charge in [0.2, 0.25) is 0 Å². The molecule has 1 saturated carbocycles. The van der Waals surface area contributed by atoms with Gasteiger partial charge in [0, 0.05) is 33.2 Å². The molecule has 1 aliphatic carbocycles. The van der Waals surface area contributed by atoms with Crippen molar-refractivity contribution in [3.8, 4) is 0 Å². The van der Waals surface area contributed by atoms with E-state index in [0.29, 0.717) is 25.0 Å². The van der Waals surface area contributed by atoms with Crippen molar-refractivity contribution in [1.29, 1.82) is 0 Å². The molecule has 1 heterocycles. The normalized spacial score (nSPS) is 38.3. The van der Waals surface area contributed by atoms with Gasteiger partial charge in [-0.05, 0) is 30.6 Å². The van der Waals surface area contributed by atoms with Crippen molar-refractivity contribution in [3.05, 3.63) is 0 Å². The van der Waals surface area contributed by atoms with Crippen LogP contribution in [0.25, 0.3) is 0 Å². The summed E-state index contributed by atoms with van der Waals surface area (Å²) in [6.07, 6.45) is 4.82. The zero-order valence-corrected chi connectivity index (χ0v) is 12.0. The van der Waals surface area contributed by atoms with Gasteiger partial charge in [-0.3, -0.25) is 0 Å². The molecule has 0 aromatic heterocycles. The van der Waals surface area contributed by atoms with Crippen molar-refractivity contribution in [2.75, 3.05) is 20.3 Å². The summed E-state index contributed by atoms with van der Waals surface area (Å²) in [5.41, 5.74) is -0.358. The lowest BCUT2D eigenvalue weighted by atomic mass is 9.69. The van der Waals surface area contributed by atoms with Gasteiger partial charge in [-0.2, -0.15) is 0 Å². The lowest BCUT2D eigenvalue weighted by Gasteiger charge is -2.45. The maximum Gasteiger partial charge on any atom is 0.0982 e. The Kier molecular flexibility index (Phi) is 4.68. The standard InChI is InChI=1S/C15H28O3/c1-11-4-5-13(10-12(11)2)14(16)15(17-3)6-8-18-9-7-15/h11-14,16H,4-10H2,1-3H3. The van der Waals surface area contributed by atoms with Gasteiger partial charge >= 0.3 is 0 Å². The minimum Gasteiger partial charge on any atom is -0.390 e. The Morgan fingerprint density at radius 3 is 2.39 bits per heavy atom. The maximum atomic E-state index is 10.8. The molecule has 4 unspecified atom stereocenters. The molecule has 3 heteroatoms. The highest BCUT2D eigenvalue weighted by molar-refractivity contribution is 4.95. The lowest BCUT2D eigenvalue weighted by Crippen LogP contribution is -2.52. The van der Waals surface area contributed by atoms with E-state index in [1.54, 1.807) is 7.11 Å². The molecule has 2 aliphatic rings. The summed E-state index contributed by atoms with van der Waals surface area (Å²) in [6, 6.07) is 0. The Balaban J connectivity index is 2.02. The third-order valence-corrected chi connectivity index (χ3v) is 5.37. The van der Waals surface area contributed by atoms with Crippen LogP contribution in [0.5, 0.6) is 0 Å². The summed E-state index contributed by atoms with van der Waals surface area (Å²) in [6.45, 7) is 6.06. The molecule has 0 aromatic rings. The van der Waals surface area contributed by atoms with Crippen LogP contribution in [-0.4, -0.2) is 37.1 Å². The maximum absolute atomic E-state index is 10.8. The molecule has 4 atom stereocenters. The second kappa shape index (κ2) is 5.89. The summed E-state index contributed by atoms with van der Waals surface area (Å²) in [4.78, 5) is 0. The van der Waals surface area contributed by atoms with Gasteiger partial charge in [0.1, 0.15) is 0 Å². The number of hydrogen-bond donors (Lipinski definition) is 1. The summed E-state index contributed by atoms with van der Waals surface area (Å²) >= 11 is 0. The molecular weight excluding hydrogens is 228 g/mol. The fourth-order valence-electron chi connectivity index (χ4n) is 3.64. The number of aliphatic hydroxyl groups excluding tert-OH is 1. The van der Waals surface area contributed by atoms with E-state index in [1.165, 1.54) is 6.42 Å². The van der Waals surface area contributed by atoms with Crippen LogP contribution in [0.15, 0.2) is 0 Å². The third kappa shape index (κ3) is 2.73. The number of methoxy groups -OCH3 is 1. The zero-order valence-electron chi connectivity index (χ0n) is 12.0. The highest BCUT2D eigenvalue weighted by atomic mass is 16.5. The highest BCUT2D eigenvalue weighted by Gasteiger charge is 2.44. The van der Waals surface area contributed by atoms with Crippen molar-refractivity contribution in [2.45, 2.75) is 57.7 Å². The highest BCUT2D eigenvalue weighted by Crippen LogP contribution is 2.41. The first-order valence-corrected chi connectivity index (χ1v) is 7.40. The van der Waals surface area contributed by atoms with Crippen LogP contribution in [0.3, 0.4) is 0 Å². The zero-order chi connectivity index (χ0) is 13.2. The number of aliphatic hydroxyl groups is 1. The molecule has 0 spiro atoms. The molecule has 0 bridgehead atoms. The second-order valence-corrected chi connectivity index (χ2v) is 6.35. The second-order valence-electron chi connectivity index (χ2n) is 6.35. The monoisotopic (exact) mass is 256 g/mol. The summed E-state index contributed by atoms with van der Waals surface area (Å²) in [5.74, 6) is 1.91. The van der Waals surface area contributed by atoms with Crippen molar-refractivity contribution in [1.82, 2.24) is 0 Å². The van der Waals surface area contributed by atoms with Gasteiger partial charge < -0.3 is 14.6 Å². The number of ether oxygens (including phenoxy) is 2. The van der Waals surface area contributed by atoms with Crippen LogP contribution in [0, 0.1) is 17.8 Å². The minimum atomic E-state index is -0.358. The van der Waals surface area contributed by atoms with E-state index in [9.17, 15) is 5.11 Å². The fourth-order valence-corrected chi connectivity index (χ4v) is 3.64. The first kappa shape index (κ1) is 14.3. The van der Waals surface area contributed by atoms with E-state index in [4.69, 9.17) is 9.47 Å². The lowest BCUT2D eigenvalue weighted by molar-refractivity contribution is -0.173. The quantitative estimate of drug-likeness (QED) is 0.843. The largest absolute Gasteiger partial charge is 0.390 e. The molecule has 0 radical (unpaired) electrons. The van der Waals surface area contributed by atoms with E-state index in [-0.39, 0.29) is 11.7 Å². The topological polar surface area (TPSA) is 38.7 Å². The predicted molar refractivity (Wildman–Crippen MR) is 71.5 cm³/mol. The van der Waals surface area contributed by atoms with Gasteiger partial charge in [0.05, 0.1) is 11.7 Å². The minimum absolute atomic E-state index is 0.332. The molecule has 3 nitrogen and oxygen atoms in total. The number of hydrogen-bond acceptors (Lipinski definition) is 3. The van der Waals surface area contributed by atoms with Crippen LogP contribution in [0.2, 0.25) is 0 Å². The van der Waals surface area contributed by atoms with Crippen molar-refractivity contribution in [2.24, 2.45) is 17.8 Å². The molecule has 0 aromatic carbocycles. The summed E-state index contributed by atoms with van der Waals surface area (Å²) in [5, 5.41) is 10.8. The van der Waals surface area contributed by atoms with E-state index in [2.05, 4.69) is 13.8 Å². The van der Waals surface area contributed by atoms with Crippen LogP contribution >= 0.6 is 0 Å². The van der Waals surface area contributed by atoms with Gasteiger partial charge in [-0.15, -0.1) is 0 Å². The molecular formula is C15H28O3. The third-order valence-electron chi connectivity index (χ3n) is 5.37. The first-order valence-electron chi connectivity index (χ1n) is 7.40. The van der Waals surface area contributed by atoms with Crippen LogP contribution in [0.1, 0.15) is 46.0 Å². The van der Waals surface area contributed by atoms with Crippen molar-refractivity contribution >= 4 is 0 Å². The fraction of sp³-hybridized carbons (Fsp3) is 1.00. The molecule has 1 saturated heterocycles. The molecule has 18 heavy (non-hydrogen) atoms. The Hall–Kier alpha value is -0.120. The molecule has 1 aliphatic heterocycles. The summed E-state index contributed by atoms with van der Waals surface area (Å²) < 4.78 is 11.1. The molecule has 2 rings (SSSR count). The Labute approximate surface area is 111 Å². The average molecular weight is 256 g/mol. The van der Waals surface area contributed by atoms with Crippen molar-refractivity contribution in [3.63, 3.8) is 0 Å². The van der Waals surface area contributed by atoms with E-state index < -0.39 is 0 Å². The van der Waals surface area contributed by atoms with Crippen molar-refractivity contribution < 1.29 is 14.6 Å².